The summed E-state index contributed by atoms with van der Waals surface area (Å²) in [6.07, 6.45) is -0.506. The summed E-state index contributed by atoms with van der Waals surface area (Å²) in [5.41, 5.74) is 5.55. The Kier molecular flexibility index (Phi) is 5.65. The van der Waals surface area contributed by atoms with Crippen molar-refractivity contribution in [3.8, 4) is 0 Å². The molecule has 1 aromatic rings. The monoisotopic (exact) mass is 297 g/mol. The van der Waals surface area contributed by atoms with Gasteiger partial charge in [-0.05, 0) is 24.6 Å². The molecule has 0 aromatic heterocycles. The minimum atomic E-state index is -1.40. The molecule has 7 nitrogen and oxygen atoms in total. The third-order valence-electron chi connectivity index (χ3n) is 2.73. The summed E-state index contributed by atoms with van der Waals surface area (Å²) in [6.45, 7) is 1.65. The van der Waals surface area contributed by atoms with E-state index in [1.165, 1.54) is 24.3 Å². The summed E-state index contributed by atoms with van der Waals surface area (Å²) in [7, 11) is 0. The molecule has 2 atom stereocenters. The van der Waals surface area contributed by atoms with Gasteiger partial charge in [-0.25, -0.2) is 14.0 Å². The van der Waals surface area contributed by atoms with Crippen LogP contribution in [0.5, 0.6) is 0 Å². The Labute approximate surface area is 120 Å². The van der Waals surface area contributed by atoms with Crippen LogP contribution in [0.15, 0.2) is 24.3 Å². The lowest BCUT2D eigenvalue weighted by Crippen LogP contribution is -2.48. The van der Waals surface area contributed by atoms with Gasteiger partial charge in [0.05, 0.1) is 12.5 Å². The van der Waals surface area contributed by atoms with Gasteiger partial charge in [-0.3, -0.25) is 4.79 Å². The maximum atomic E-state index is 12.8. The summed E-state index contributed by atoms with van der Waals surface area (Å²) in [6, 6.07) is 2.87. The number of rotatable bonds is 6. The molecule has 0 radical (unpaired) electrons. The van der Waals surface area contributed by atoms with Crippen molar-refractivity contribution in [2.75, 3.05) is 0 Å². The fraction of sp³-hybridized carbons (Fsp3) is 0.308. The second-order valence-electron chi connectivity index (χ2n) is 4.45. The Morgan fingerprint density at radius 1 is 1.24 bits per heavy atom. The number of nitrogens with two attached hydrogens (primary N) is 1. The molecule has 0 aliphatic rings. The van der Waals surface area contributed by atoms with E-state index in [1.54, 1.807) is 6.92 Å². The number of aliphatic carboxylic acids is 1. The lowest BCUT2D eigenvalue weighted by molar-refractivity contribution is -0.140. The first-order valence-electron chi connectivity index (χ1n) is 6.13. The van der Waals surface area contributed by atoms with E-state index < -0.39 is 42.2 Å². The van der Waals surface area contributed by atoms with Crippen molar-refractivity contribution in [1.29, 1.82) is 0 Å². The van der Waals surface area contributed by atoms with Gasteiger partial charge in [-0.1, -0.05) is 12.1 Å². The molecule has 0 heterocycles. The average molecular weight is 297 g/mol. The van der Waals surface area contributed by atoms with Crippen molar-refractivity contribution in [3.05, 3.63) is 35.6 Å². The highest BCUT2D eigenvalue weighted by molar-refractivity contribution is 5.87. The molecule has 0 aliphatic heterocycles. The molecule has 3 amide bonds. The van der Waals surface area contributed by atoms with Crippen LogP contribution >= 0.6 is 0 Å². The number of primary amides is 1. The number of carboxylic acids is 1. The summed E-state index contributed by atoms with van der Waals surface area (Å²) in [4.78, 5) is 33.3. The fourth-order valence-electron chi connectivity index (χ4n) is 1.63. The van der Waals surface area contributed by atoms with Gasteiger partial charge in [0.15, 0.2) is 0 Å². The van der Waals surface area contributed by atoms with Crippen molar-refractivity contribution in [2.45, 2.75) is 25.4 Å². The second kappa shape index (κ2) is 7.22. The Hall–Kier alpha value is -2.64. The number of carbonyl (C=O) groups excluding carboxylic acids is 2. The lowest BCUT2D eigenvalue weighted by Gasteiger charge is -2.18. The van der Waals surface area contributed by atoms with E-state index in [2.05, 4.69) is 10.6 Å². The van der Waals surface area contributed by atoms with Crippen LogP contribution in [0.3, 0.4) is 0 Å². The summed E-state index contributed by atoms with van der Waals surface area (Å²) in [5.74, 6) is -2.60. The molecule has 21 heavy (non-hydrogen) atoms. The van der Waals surface area contributed by atoms with E-state index in [-0.39, 0.29) is 0 Å². The van der Waals surface area contributed by atoms with E-state index in [9.17, 15) is 18.8 Å². The summed E-state index contributed by atoms with van der Waals surface area (Å²) < 4.78 is 12.8. The van der Waals surface area contributed by atoms with E-state index in [0.717, 1.165) is 0 Å². The predicted octanol–water partition coefficient (Wildman–Crippen LogP) is 0.514. The normalized spacial score (nSPS) is 13.0. The third kappa shape index (κ3) is 5.47. The van der Waals surface area contributed by atoms with Crippen LogP contribution in [0.25, 0.3) is 0 Å². The van der Waals surface area contributed by atoms with Gasteiger partial charge in [0.2, 0.25) is 5.91 Å². The van der Waals surface area contributed by atoms with Crippen molar-refractivity contribution in [1.82, 2.24) is 10.6 Å². The highest BCUT2D eigenvalue weighted by Crippen LogP contribution is 2.12. The van der Waals surface area contributed by atoms with Crippen molar-refractivity contribution in [2.24, 2.45) is 5.73 Å². The first-order chi connectivity index (χ1) is 9.79. The lowest BCUT2D eigenvalue weighted by atomic mass is 10.1. The highest BCUT2D eigenvalue weighted by Gasteiger charge is 2.22. The molecule has 5 N–H and O–H groups in total. The number of amides is 3. The zero-order valence-corrected chi connectivity index (χ0v) is 11.3. The predicted molar refractivity (Wildman–Crippen MR) is 71.7 cm³/mol. The number of carbonyl (C=O) groups is 3. The largest absolute Gasteiger partial charge is 0.480 e. The van der Waals surface area contributed by atoms with Crippen LogP contribution in [0.4, 0.5) is 9.18 Å². The molecule has 2 unspecified atom stereocenters. The topological polar surface area (TPSA) is 122 Å². The molecule has 0 spiro atoms. The molecule has 0 saturated carbocycles. The van der Waals surface area contributed by atoms with Crippen LogP contribution in [0.2, 0.25) is 0 Å². The second-order valence-corrected chi connectivity index (χ2v) is 4.45. The van der Waals surface area contributed by atoms with E-state index in [0.29, 0.717) is 5.56 Å². The third-order valence-corrected chi connectivity index (χ3v) is 2.73. The minimum Gasteiger partial charge on any atom is -0.480 e. The number of hydrogen-bond donors (Lipinski definition) is 4. The van der Waals surface area contributed by atoms with Gasteiger partial charge in [-0.15, -0.1) is 0 Å². The maximum absolute atomic E-state index is 12.8. The molecule has 0 bridgehead atoms. The molecule has 1 rings (SSSR count). The maximum Gasteiger partial charge on any atom is 0.326 e. The molecule has 8 heteroatoms. The quantitative estimate of drug-likeness (QED) is 0.611. The summed E-state index contributed by atoms with van der Waals surface area (Å²) >= 11 is 0. The number of carboxylic acid groups (broad SMARTS) is 1. The number of halogens is 1. The number of nitrogens with one attached hydrogen (secondary N) is 2. The van der Waals surface area contributed by atoms with Gasteiger partial charge < -0.3 is 21.5 Å². The molecular weight excluding hydrogens is 281 g/mol. The molecule has 0 saturated heterocycles. The Morgan fingerprint density at radius 2 is 1.81 bits per heavy atom. The van der Waals surface area contributed by atoms with Crippen LogP contribution in [-0.2, 0) is 9.59 Å². The smallest absolute Gasteiger partial charge is 0.326 e. The summed E-state index contributed by atoms with van der Waals surface area (Å²) in [5, 5.41) is 13.5. The SMILES string of the molecule is CC(NC(=O)NC(CC(N)=O)C(=O)O)c1ccc(F)cc1. The average Bonchev–Trinajstić information content (AvgIpc) is 2.37. The minimum absolute atomic E-state index is 0.400. The molecule has 0 aliphatic carbocycles. The number of hydrogen-bond acceptors (Lipinski definition) is 3. The van der Waals surface area contributed by atoms with Crippen LogP contribution in [0.1, 0.15) is 24.9 Å². The molecular formula is C13H16FN3O4. The Bertz CT molecular complexity index is 533. The van der Waals surface area contributed by atoms with E-state index in [1.807, 2.05) is 0 Å². The van der Waals surface area contributed by atoms with Gasteiger partial charge in [-0.2, -0.15) is 0 Å². The Morgan fingerprint density at radius 3 is 2.29 bits per heavy atom. The van der Waals surface area contributed by atoms with E-state index >= 15 is 0 Å². The fourth-order valence-corrected chi connectivity index (χ4v) is 1.63. The number of urea groups is 1. The first kappa shape index (κ1) is 16.4. The molecule has 1 aromatic carbocycles. The zero-order chi connectivity index (χ0) is 16.0. The number of benzene rings is 1. The van der Waals surface area contributed by atoms with Crippen LogP contribution < -0.4 is 16.4 Å². The van der Waals surface area contributed by atoms with E-state index in [4.69, 9.17) is 10.8 Å². The Balaban J connectivity index is 2.61. The standard InChI is InChI=1S/C13H16FN3O4/c1-7(8-2-4-9(14)5-3-8)16-13(21)17-10(12(19)20)6-11(15)18/h2-5,7,10H,6H2,1H3,(H2,15,18)(H,19,20)(H2,16,17,21). The van der Waals surface area contributed by atoms with Crippen molar-refractivity contribution in [3.63, 3.8) is 0 Å². The van der Waals surface area contributed by atoms with Crippen molar-refractivity contribution < 1.29 is 23.9 Å². The van der Waals surface area contributed by atoms with Crippen molar-refractivity contribution >= 4 is 17.9 Å². The first-order valence-corrected chi connectivity index (χ1v) is 6.13. The molecule has 0 fully saturated rings. The van der Waals surface area contributed by atoms with Crippen LogP contribution in [-0.4, -0.2) is 29.1 Å². The zero-order valence-electron chi connectivity index (χ0n) is 11.3. The van der Waals surface area contributed by atoms with Gasteiger partial charge in [0, 0.05) is 0 Å². The highest BCUT2D eigenvalue weighted by atomic mass is 19.1. The van der Waals surface area contributed by atoms with Gasteiger partial charge in [0.25, 0.3) is 0 Å². The van der Waals surface area contributed by atoms with Gasteiger partial charge >= 0.3 is 12.0 Å². The van der Waals surface area contributed by atoms with Crippen LogP contribution in [0, 0.1) is 5.82 Å². The van der Waals surface area contributed by atoms with Gasteiger partial charge in [0.1, 0.15) is 11.9 Å². The molecule has 114 valence electrons.